The lowest BCUT2D eigenvalue weighted by atomic mass is 10.1. The second kappa shape index (κ2) is 9.45. The Labute approximate surface area is 189 Å². The summed E-state index contributed by atoms with van der Waals surface area (Å²) >= 11 is 4.09. The van der Waals surface area contributed by atoms with Gasteiger partial charge in [0.1, 0.15) is 16.6 Å². The average Bonchev–Trinajstić information content (AvgIpc) is 3.40. The van der Waals surface area contributed by atoms with E-state index in [1.807, 2.05) is 36.4 Å². The summed E-state index contributed by atoms with van der Waals surface area (Å²) in [6, 6.07) is 9.68. The first kappa shape index (κ1) is 21.3. The monoisotopic (exact) mass is 472 g/mol. The molecule has 1 unspecified atom stereocenters. The zero-order valence-electron chi connectivity index (χ0n) is 16.0. The summed E-state index contributed by atoms with van der Waals surface area (Å²) in [7, 11) is 0. The molecule has 2 aromatic heterocycles. The lowest BCUT2D eigenvalue weighted by Gasteiger charge is -1.99. The van der Waals surface area contributed by atoms with E-state index >= 15 is 0 Å². The highest BCUT2D eigenvalue weighted by atomic mass is 32.2. The summed E-state index contributed by atoms with van der Waals surface area (Å²) in [5.74, 6) is -0.685. The van der Waals surface area contributed by atoms with Crippen molar-refractivity contribution >= 4 is 63.1 Å². The zero-order valence-corrected chi connectivity index (χ0v) is 18.4. The number of imidazole rings is 1. The van der Waals surface area contributed by atoms with Gasteiger partial charge in [0.15, 0.2) is 9.51 Å². The van der Waals surface area contributed by atoms with Crippen molar-refractivity contribution in [1.29, 1.82) is 0 Å². The molecule has 1 amide bonds. The third kappa shape index (κ3) is 4.86. The van der Waals surface area contributed by atoms with E-state index in [1.165, 1.54) is 17.6 Å². The molecule has 1 aliphatic rings. The Hall–Kier alpha value is -2.96. The Bertz CT molecular complexity index is 1200. The molecule has 0 saturated carbocycles. The van der Waals surface area contributed by atoms with Crippen LogP contribution in [0.5, 0.6) is 0 Å². The van der Waals surface area contributed by atoms with Crippen molar-refractivity contribution in [1.82, 2.24) is 19.9 Å². The van der Waals surface area contributed by atoms with Crippen LogP contribution in [0.1, 0.15) is 12.1 Å². The first-order chi connectivity index (χ1) is 15.0. The number of amides is 1. The number of hydrogen-bond donors (Lipinski definition) is 2. The van der Waals surface area contributed by atoms with E-state index in [4.69, 9.17) is 10.1 Å². The number of nitrogens with one attached hydrogen (secondary N) is 1. The predicted molar refractivity (Wildman–Crippen MR) is 124 cm³/mol. The van der Waals surface area contributed by atoms with E-state index in [2.05, 4.69) is 27.2 Å². The quantitative estimate of drug-likeness (QED) is 0.224. The van der Waals surface area contributed by atoms with Crippen LogP contribution in [0.25, 0.3) is 16.2 Å². The molecular formula is C19H16N6O3S3. The van der Waals surface area contributed by atoms with Crippen molar-refractivity contribution in [3.05, 3.63) is 48.7 Å². The fourth-order valence-corrected chi connectivity index (χ4v) is 5.36. The van der Waals surface area contributed by atoms with E-state index in [0.717, 1.165) is 38.1 Å². The molecule has 0 spiro atoms. The Balaban J connectivity index is 1.64. The normalized spacial score (nSPS) is 17.6. The summed E-state index contributed by atoms with van der Waals surface area (Å²) < 4.78 is 2.58. The molecule has 0 bridgehead atoms. The highest BCUT2D eigenvalue weighted by Gasteiger charge is 2.32. The summed E-state index contributed by atoms with van der Waals surface area (Å²) in [4.78, 5) is 28.2. The molecule has 158 valence electrons. The van der Waals surface area contributed by atoms with Crippen LogP contribution in [-0.2, 0) is 9.59 Å². The minimum atomic E-state index is -1.04. The maximum absolute atomic E-state index is 11.9. The number of fused-ring (bicyclic) bond motifs is 1. The van der Waals surface area contributed by atoms with Crippen LogP contribution in [0.4, 0.5) is 0 Å². The van der Waals surface area contributed by atoms with Gasteiger partial charge >= 0.3 is 5.97 Å². The van der Waals surface area contributed by atoms with Gasteiger partial charge in [0.05, 0.1) is 12.6 Å². The Morgan fingerprint density at radius 1 is 1.39 bits per heavy atom. The number of carboxylic acid groups (broad SMARTS) is 1. The molecule has 1 aliphatic heterocycles. The van der Waals surface area contributed by atoms with E-state index < -0.39 is 11.2 Å². The van der Waals surface area contributed by atoms with E-state index in [1.54, 1.807) is 16.3 Å². The maximum Gasteiger partial charge on any atom is 0.305 e. The standard InChI is InChI=1S/C19H16N6O3S3/c1-2-8-29-19-24-25-12(15(21-18(25)31-19)11-6-4-3-5-7-11)10-20-23-17-22-16(28)13(30-17)9-14(26)27/h2-7,10,13H,1,8-9H2,(H,26,27)(H,22,23,28)/b20-10+. The molecule has 31 heavy (non-hydrogen) atoms. The van der Waals surface area contributed by atoms with Crippen LogP contribution in [0.3, 0.4) is 0 Å². The minimum absolute atomic E-state index is 0.259. The number of aromatic nitrogens is 3. The molecule has 9 nitrogen and oxygen atoms in total. The molecule has 4 rings (SSSR count). The van der Waals surface area contributed by atoms with Gasteiger partial charge in [0, 0.05) is 11.3 Å². The van der Waals surface area contributed by atoms with Crippen molar-refractivity contribution in [3.63, 3.8) is 0 Å². The van der Waals surface area contributed by atoms with Gasteiger partial charge in [-0.1, -0.05) is 71.3 Å². The third-order valence-corrected chi connectivity index (χ3v) is 7.17. The van der Waals surface area contributed by atoms with Crippen molar-refractivity contribution in [2.45, 2.75) is 16.0 Å². The Morgan fingerprint density at radius 3 is 2.94 bits per heavy atom. The first-order valence-electron chi connectivity index (χ1n) is 9.04. The first-order valence-corrected chi connectivity index (χ1v) is 11.7. The van der Waals surface area contributed by atoms with Crippen molar-refractivity contribution < 1.29 is 14.7 Å². The zero-order chi connectivity index (χ0) is 21.8. The van der Waals surface area contributed by atoms with Crippen LogP contribution in [-0.4, -0.2) is 54.0 Å². The topological polar surface area (TPSA) is 121 Å². The maximum atomic E-state index is 11.9. The van der Waals surface area contributed by atoms with Gasteiger partial charge in [-0.2, -0.15) is 5.10 Å². The molecule has 2 N–H and O–H groups in total. The Morgan fingerprint density at radius 2 is 2.19 bits per heavy atom. The minimum Gasteiger partial charge on any atom is -0.481 e. The molecule has 0 aliphatic carbocycles. The number of rotatable bonds is 8. The average molecular weight is 473 g/mol. The Kier molecular flexibility index (Phi) is 6.49. The number of hydrogen-bond acceptors (Lipinski definition) is 9. The summed E-state index contributed by atoms with van der Waals surface area (Å²) in [5, 5.41) is 23.8. The molecular weight excluding hydrogens is 456 g/mol. The van der Waals surface area contributed by atoms with E-state index in [-0.39, 0.29) is 17.5 Å². The fraction of sp³-hybridized carbons (Fsp3) is 0.158. The van der Waals surface area contributed by atoms with Gasteiger partial charge in [-0.15, -0.1) is 16.8 Å². The van der Waals surface area contributed by atoms with Crippen LogP contribution in [0.2, 0.25) is 0 Å². The summed E-state index contributed by atoms with van der Waals surface area (Å²) in [6.07, 6.45) is 3.08. The van der Waals surface area contributed by atoms with E-state index in [9.17, 15) is 9.59 Å². The fourth-order valence-electron chi connectivity index (χ4n) is 2.74. The van der Waals surface area contributed by atoms with Crippen LogP contribution in [0.15, 0.2) is 57.5 Å². The van der Waals surface area contributed by atoms with Gasteiger partial charge in [0.25, 0.3) is 0 Å². The summed E-state index contributed by atoms with van der Waals surface area (Å²) in [6.45, 7) is 3.73. The number of thioether (sulfide) groups is 2. The predicted octanol–water partition coefficient (Wildman–Crippen LogP) is 3.13. The second-order valence-corrected chi connectivity index (χ2v) is 9.63. The molecule has 1 fully saturated rings. The highest BCUT2D eigenvalue weighted by Crippen LogP contribution is 2.30. The van der Waals surface area contributed by atoms with Crippen molar-refractivity contribution in [2.24, 2.45) is 10.2 Å². The molecule has 3 heterocycles. The number of amidine groups is 1. The van der Waals surface area contributed by atoms with Gasteiger partial charge in [-0.05, 0) is 0 Å². The number of carbonyl (C=O) groups excluding carboxylic acids is 1. The highest BCUT2D eigenvalue weighted by molar-refractivity contribution is 8.15. The van der Waals surface area contributed by atoms with Crippen LogP contribution >= 0.6 is 34.9 Å². The number of nitrogens with zero attached hydrogens (tertiary/aromatic N) is 5. The molecule has 1 saturated heterocycles. The molecule has 1 atom stereocenters. The molecule has 1 aromatic carbocycles. The lowest BCUT2D eigenvalue weighted by Crippen LogP contribution is -2.26. The van der Waals surface area contributed by atoms with Crippen LogP contribution < -0.4 is 5.32 Å². The number of carboxylic acids is 1. The number of carbonyl (C=O) groups is 2. The third-order valence-electron chi connectivity index (χ3n) is 4.06. The smallest absolute Gasteiger partial charge is 0.305 e. The molecule has 0 radical (unpaired) electrons. The number of aliphatic carboxylic acids is 1. The second-order valence-electron chi connectivity index (χ2n) is 6.22. The lowest BCUT2D eigenvalue weighted by molar-refractivity contribution is -0.138. The largest absolute Gasteiger partial charge is 0.481 e. The van der Waals surface area contributed by atoms with Gasteiger partial charge in [0.2, 0.25) is 10.9 Å². The van der Waals surface area contributed by atoms with Gasteiger partial charge in [-0.25, -0.2) is 9.50 Å². The number of benzene rings is 1. The van der Waals surface area contributed by atoms with Crippen molar-refractivity contribution in [2.75, 3.05) is 5.75 Å². The van der Waals surface area contributed by atoms with Crippen molar-refractivity contribution in [3.8, 4) is 11.3 Å². The SMILES string of the molecule is C=CCSc1nn2c(/C=N/N=C3/NC(=O)C(CC(=O)O)S3)c(-c3ccccc3)nc2s1. The molecule has 12 heteroatoms. The summed E-state index contributed by atoms with van der Waals surface area (Å²) in [5.41, 5.74) is 2.29. The van der Waals surface area contributed by atoms with Gasteiger partial charge < -0.3 is 10.4 Å². The van der Waals surface area contributed by atoms with Gasteiger partial charge in [-0.3, -0.25) is 9.59 Å². The molecule has 3 aromatic rings. The van der Waals surface area contributed by atoms with Crippen LogP contribution in [0, 0.1) is 0 Å². The van der Waals surface area contributed by atoms with E-state index in [0.29, 0.717) is 5.69 Å².